The second-order valence-electron chi connectivity index (χ2n) is 4.47. The van der Waals surface area contributed by atoms with Gasteiger partial charge in [0.2, 0.25) is 0 Å². The maximum atomic E-state index is 9.22. The molecule has 0 amide bonds. The van der Waals surface area contributed by atoms with E-state index in [-0.39, 0.29) is 6.61 Å². The molecule has 0 aliphatic carbocycles. The van der Waals surface area contributed by atoms with Crippen molar-refractivity contribution in [2.45, 2.75) is 6.54 Å². The highest BCUT2D eigenvalue weighted by Crippen LogP contribution is 2.34. The van der Waals surface area contributed by atoms with Gasteiger partial charge in [-0.1, -0.05) is 35.3 Å². The highest BCUT2D eigenvalue weighted by atomic mass is 35.5. The largest absolute Gasteiger partial charge is 0.394 e. The fourth-order valence-corrected chi connectivity index (χ4v) is 3.36. The number of hydrogen-bond acceptors (Lipinski definition) is 3. The Morgan fingerprint density at radius 2 is 1.90 bits per heavy atom. The van der Waals surface area contributed by atoms with E-state index in [1.165, 1.54) is 0 Å². The van der Waals surface area contributed by atoms with E-state index in [9.17, 15) is 5.11 Å². The third kappa shape index (κ3) is 2.99. The SMILES string of the molecule is OCCn1nc(-c2sccc2Cl)cc1-c1ccc(Cl)cc1. The number of halogens is 2. The highest BCUT2D eigenvalue weighted by Gasteiger charge is 2.14. The smallest absolute Gasteiger partial charge is 0.104 e. The van der Waals surface area contributed by atoms with E-state index in [2.05, 4.69) is 5.10 Å². The molecule has 0 unspecified atom stereocenters. The number of aliphatic hydroxyl groups is 1. The first-order valence-electron chi connectivity index (χ1n) is 6.37. The quantitative estimate of drug-likeness (QED) is 0.756. The number of benzene rings is 1. The molecule has 2 heterocycles. The summed E-state index contributed by atoms with van der Waals surface area (Å²) in [4.78, 5) is 0.934. The van der Waals surface area contributed by atoms with Crippen LogP contribution in [-0.2, 0) is 6.54 Å². The average Bonchev–Trinajstić information content (AvgIpc) is 3.06. The van der Waals surface area contributed by atoms with Crippen LogP contribution in [0.3, 0.4) is 0 Å². The molecule has 1 aromatic carbocycles. The molecule has 1 N–H and O–H groups in total. The molecule has 3 aromatic rings. The third-order valence-electron chi connectivity index (χ3n) is 3.08. The molecule has 0 fully saturated rings. The average molecular weight is 339 g/mol. The molecule has 0 radical (unpaired) electrons. The lowest BCUT2D eigenvalue weighted by atomic mass is 10.1. The van der Waals surface area contributed by atoms with E-state index in [0.717, 1.165) is 21.8 Å². The van der Waals surface area contributed by atoms with Crippen LogP contribution in [-0.4, -0.2) is 21.5 Å². The summed E-state index contributed by atoms with van der Waals surface area (Å²) in [7, 11) is 0. The van der Waals surface area contributed by atoms with Gasteiger partial charge in [0.25, 0.3) is 0 Å². The maximum Gasteiger partial charge on any atom is 0.104 e. The van der Waals surface area contributed by atoms with Crippen LogP contribution >= 0.6 is 34.5 Å². The third-order valence-corrected chi connectivity index (χ3v) is 4.70. The van der Waals surface area contributed by atoms with Crippen molar-refractivity contribution in [2.24, 2.45) is 0 Å². The van der Waals surface area contributed by atoms with Gasteiger partial charge in [-0.2, -0.15) is 5.10 Å². The summed E-state index contributed by atoms with van der Waals surface area (Å²) in [6.07, 6.45) is 0. The maximum absolute atomic E-state index is 9.22. The molecule has 0 aliphatic rings. The molecule has 0 bridgehead atoms. The number of nitrogens with zero attached hydrogens (tertiary/aromatic N) is 2. The van der Waals surface area contributed by atoms with Gasteiger partial charge in [0, 0.05) is 5.02 Å². The number of thiophene rings is 1. The molecule has 0 saturated carbocycles. The summed E-state index contributed by atoms with van der Waals surface area (Å²) >= 11 is 13.7. The molecule has 0 spiro atoms. The molecule has 0 aliphatic heterocycles. The molecule has 0 atom stereocenters. The van der Waals surface area contributed by atoms with Gasteiger partial charge in [-0.15, -0.1) is 11.3 Å². The standard InChI is InChI=1S/C15H12Cl2N2OS/c16-11-3-1-10(2-4-11)14-9-13(18-19(14)6-7-20)15-12(17)5-8-21-15/h1-5,8-9,20H,6-7H2. The monoisotopic (exact) mass is 338 g/mol. The van der Waals surface area contributed by atoms with E-state index >= 15 is 0 Å². The Balaban J connectivity index is 2.09. The molecule has 2 aromatic heterocycles. The van der Waals surface area contributed by atoms with Crippen LogP contribution in [0, 0.1) is 0 Å². The lowest BCUT2D eigenvalue weighted by Crippen LogP contribution is -2.05. The van der Waals surface area contributed by atoms with E-state index in [1.54, 1.807) is 16.0 Å². The van der Waals surface area contributed by atoms with Crippen LogP contribution in [0.1, 0.15) is 0 Å². The minimum absolute atomic E-state index is 0.0277. The van der Waals surface area contributed by atoms with Gasteiger partial charge >= 0.3 is 0 Å². The molecular weight excluding hydrogens is 327 g/mol. The van der Waals surface area contributed by atoms with Crippen LogP contribution in [0.2, 0.25) is 10.0 Å². The van der Waals surface area contributed by atoms with Gasteiger partial charge in [-0.05, 0) is 35.2 Å². The second-order valence-corrected chi connectivity index (χ2v) is 6.23. The van der Waals surface area contributed by atoms with Gasteiger partial charge in [0.1, 0.15) is 5.69 Å². The van der Waals surface area contributed by atoms with Crippen molar-refractivity contribution in [2.75, 3.05) is 6.61 Å². The molecule has 108 valence electrons. The number of rotatable bonds is 4. The summed E-state index contributed by atoms with van der Waals surface area (Å²) in [5.74, 6) is 0. The molecule has 3 nitrogen and oxygen atoms in total. The predicted molar refractivity (Wildman–Crippen MR) is 88.1 cm³/mol. The molecule has 6 heteroatoms. The van der Waals surface area contributed by atoms with Gasteiger partial charge in [0.05, 0.1) is 28.7 Å². The van der Waals surface area contributed by atoms with Crippen LogP contribution < -0.4 is 0 Å². The molecule has 3 rings (SSSR count). The lowest BCUT2D eigenvalue weighted by Gasteiger charge is -2.05. The van der Waals surface area contributed by atoms with Crippen molar-refractivity contribution < 1.29 is 5.11 Å². The summed E-state index contributed by atoms with van der Waals surface area (Å²) < 4.78 is 1.79. The Hall–Kier alpha value is -1.33. The van der Waals surface area contributed by atoms with Crippen LogP contribution in [0.4, 0.5) is 0 Å². The number of aliphatic hydroxyl groups excluding tert-OH is 1. The Labute approximate surface area is 136 Å². The number of aromatic nitrogens is 2. The zero-order valence-corrected chi connectivity index (χ0v) is 13.3. The molecular formula is C15H12Cl2N2OS. The fraction of sp³-hybridized carbons (Fsp3) is 0.133. The van der Waals surface area contributed by atoms with Gasteiger partial charge in [0.15, 0.2) is 0 Å². The van der Waals surface area contributed by atoms with Gasteiger partial charge in [-0.3, -0.25) is 4.68 Å². The molecule has 21 heavy (non-hydrogen) atoms. The first kappa shape index (κ1) is 14.6. The Kier molecular flexibility index (Phi) is 4.31. The van der Waals surface area contributed by atoms with E-state index in [1.807, 2.05) is 41.8 Å². The van der Waals surface area contributed by atoms with Crippen molar-refractivity contribution in [1.82, 2.24) is 9.78 Å². The lowest BCUT2D eigenvalue weighted by molar-refractivity contribution is 0.270. The summed E-state index contributed by atoms with van der Waals surface area (Å²) in [6, 6.07) is 11.4. The number of hydrogen-bond donors (Lipinski definition) is 1. The zero-order chi connectivity index (χ0) is 14.8. The normalized spacial score (nSPS) is 11.0. The van der Waals surface area contributed by atoms with E-state index in [0.29, 0.717) is 16.6 Å². The van der Waals surface area contributed by atoms with Crippen molar-refractivity contribution in [3.05, 3.63) is 51.8 Å². The summed E-state index contributed by atoms with van der Waals surface area (Å²) in [5.41, 5.74) is 2.74. The summed E-state index contributed by atoms with van der Waals surface area (Å²) in [6.45, 7) is 0.459. The zero-order valence-electron chi connectivity index (χ0n) is 11.0. The Bertz CT molecular complexity index is 749. The van der Waals surface area contributed by atoms with Crippen molar-refractivity contribution >= 4 is 34.5 Å². The fourth-order valence-electron chi connectivity index (χ4n) is 2.12. The highest BCUT2D eigenvalue weighted by molar-refractivity contribution is 7.14. The Morgan fingerprint density at radius 1 is 1.14 bits per heavy atom. The topological polar surface area (TPSA) is 38.0 Å². The predicted octanol–water partition coefficient (Wildman–Crippen LogP) is 4.58. The summed E-state index contributed by atoms with van der Waals surface area (Å²) in [5, 5.41) is 17.1. The van der Waals surface area contributed by atoms with E-state index in [4.69, 9.17) is 23.2 Å². The minimum atomic E-state index is 0.0277. The van der Waals surface area contributed by atoms with Crippen molar-refractivity contribution in [3.8, 4) is 21.8 Å². The second kappa shape index (κ2) is 6.20. The first-order valence-corrected chi connectivity index (χ1v) is 8.00. The first-order chi connectivity index (χ1) is 10.2. The van der Waals surface area contributed by atoms with Gasteiger partial charge < -0.3 is 5.11 Å². The molecule has 0 saturated heterocycles. The van der Waals surface area contributed by atoms with Gasteiger partial charge in [-0.25, -0.2) is 0 Å². The van der Waals surface area contributed by atoms with Crippen LogP contribution in [0.5, 0.6) is 0 Å². The van der Waals surface area contributed by atoms with E-state index < -0.39 is 0 Å². The van der Waals surface area contributed by atoms with Crippen molar-refractivity contribution in [3.63, 3.8) is 0 Å². The van der Waals surface area contributed by atoms with Crippen molar-refractivity contribution in [1.29, 1.82) is 0 Å². The van der Waals surface area contributed by atoms with Crippen LogP contribution in [0.15, 0.2) is 41.8 Å². The Morgan fingerprint density at radius 3 is 2.52 bits per heavy atom. The minimum Gasteiger partial charge on any atom is -0.394 e. The van der Waals surface area contributed by atoms with Crippen LogP contribution in [0.25, 0.3) is 21.8 Å².